The van der Waals surface area contributed by atoms with E-state index in [0.717, 1.165) is 35.3 Å². The Labute approximate surface area is 264 Å². The third-order valence-electron chi connectivity index (χ3n) is 7.71. The highest BCUT2D eigenvalue weighted by Crippen LogP contribution is 2.34. The maximum absolute atomic E-state index is 10.7. The average molecular weight is 627 g/mol. The van der Waals surface area contributed by atoms with Crippen LogP contribution in [0.5, 0.6) is 11.6 Å². The van der Waals surface area contributed by atoms with Crippen molar-refractivity contribution in [2.75, 3.05) is 20.7 Å². The lowest BCUT2D eigenvalue weighted by Crippen LogP contribution is -2.48. The minimum atomic E-state index is -1.34. The molecule has 3 aromatic rings. The number of nitrogens with one attached hydrogen (secondary N) is 2. The number of hydroxylamine groups is 2. The van der Waals surface area contributed by atoms with Gasteiger partial charge in [-0.1, -0.05) is 31.2 Å². The van der Waals surface area contributed by atoms with Crippen LogP contribution in [0, 0.1) is 0 Å². The number of aliphatic hydroxyl groups is 3. The van der Waals surface area contributed by atoms with Gasteiger partial charge in [0.15, 0.2) is 6.29 Å². The van der Waals surface area contributed by atoms with Gasteiger partial charge in [0.1, 0.15) is 23.6 Å². The Balaban J connectivity index is 1.47. The van der Waals surface area contributed by atoms with Gasteiger partial charge in [0.2, 0.25) is 12.2 Å². The highest BCUT2D eigenvalue weighted by atomic mass is 16.8. The molecule has 1 saturated carbocycles. The zero-order valence-corrected chi connectivity index (χ0v) is 26.6. The lowest BCUT2D eigenvalue weighted by molar-refractivity contribution is -0.274. The molecule has 1 aliphatic rings. The minimum absolute atomic E-state index is 0.0453. The molecule has 246 valence electrons. The standard InChI is InChI=1S/C33H46N4O8/c1-6-33(3,40)29-14-11-24(19-36-29)27(23-8-7-9-26(17-23)43-25-12-13-25)16-22-10-15-30(37-18-22)42-21(2)41-28(20-38)31(39)32(44-34-4)45-35-5/h7-11,14-15,17-19,21,25,27-28,31-32,34-35,38-40H,6,12-13,16,20H2,1-5H3/t21-,27-,28?,31?,33?/m0/s1. The van der Waals surface area contributed by atoms with E-state index in [1.807, 2.05) is 43.5 Å². The van der Waals surface area contributed by atoms with Crippen LogP contribution in [-0.2, 0) is 26.4 Å². The molecule has 4 rings (SSSR count). The first-order valence-corrected chi connectivity index (χ1v) is 15.3. The zero-order chi connectivity index (χ0) is 32.4. The number of benzene rings is 1. The average Bonchev–Trinajstić information content (AvgIpc) is 3.87. The summed E-state index contributed by atoms with van der Waals surface area (Å²) in [4.78, 5) is 19.4. The van der Waals surface area contributed by atoms with Crippen LogP contribution in [0.15, 0.2) is 60.9 Å². The fraction of sp³-hybridized carbons (Fsp3) is 0.515. The Morgan fingerprint density at radius 3 is 2.33 bits per heavy atom. The summed E-state index contributed by atoms with van der Waals surface area (Å²) >= 11 is 0. The van der Waals surface area contributed by atoms with E-state index < -0.39 is 37.0 Å². The molecule has 2 heterocycles. The Hall–Kier alpha value is -3.20. The van der Waals surface area contributed by atoms with Crippen molar-refractivity contribution < 1.29 is 39.2 Å². The molecular weight excluding hydrogens is 580 g/mol. The minimum Gasteiger partial charge on any atom is -0.490 e. The van der Waals surface area contributed by atoms with Crippen LogP contribution in [-0.4, -0.2) is 76.9 Å². The number of hydrogen-bond acceptors (Lipinski definition) is 12. The molecule has 1 aliphatic carbocycles. The molecule has 0 radical (unpaired) electrons. The van der Waals surface area contributed by atoms with Crippen molar-refractivity contribution in [1.29, 1.82) is 0 Å². The first-order valence-electron chi connectivity index (χ1n) is 15.3. The summed E-state index contributed by atoms with van der Waals surface area (Å²) in [5.41, 5.74) is 7.59. The summed E-state index contributed by atoms with van der Waals surface area (Å²) in [5.74, 6) is 1.12. The van der Waals surface area contributed by atoms with Crippen LogP contribution < -0.4 is 20.4 Å². The molecule has 5 N–H and O–H groups in total. The van der Waals surface area contributed by atoms with Crippen LogP contribution in [0.25, 0.3) is 0 Å². The Morgan fingerprint density at radius 2 is 1.76 bits per heavy atom. The van der Waals surface area contributed by atoms with Gasteiger partial charge in [0.05, 0.1) is 18.4 Å². The molecule has 1 aromatic carbocycles. The van der Waals surface area contributed by atoms with Crippen molar-refractivity contribution >= 4 is 0 Å². The van der Waals surface area contributed by atoms with Gasteiger partial charge < -0.3 is 29.5 Å². The molecule has 12 nitrogen and oxygen atoms in total. The van der Waals surface area contributed by atoms with Gasteiger partial charge in [0.25, 0.3) is 0 Å². The van der Waals surface area contributed by atoms with Crippen LogP contribution in [0.1, 0.15) is 68.3 Å². The highest BCUT2D eigenvalue weighted by molar-refractivity contribution is 5.39. The quantitative estimate of drug-likeness (QED) is 0.0980. The van der Waals surface area contributed by atoms with Crippen molar-refractivity contribution in [2.24, 2.45) is 0 Å². The largest absolute Gasteiger partial charge is 0.490 e. The van der Waals surface area contributed by atoms with Crippen molar-refractivity contribution in [1.82, 2.24) is 20.9 Å². The molecule has 2 aromatic heterocycles. The van der Waals surface area contributed by atoms with Crippen molar-refractivity contribution in [2.45, 2.75) is 88.9 Å². The topological polar surface area (TPSA) is 157 Å². The normalized spacial score (nSPS) is 17.4. The second-order valence-electron chi connectivity index (χ2n) is 11.3. The number of ether oxygens (including phenoxy) is 3. The van der Waals surface area contributed by atoms with E-state index in [-0.39, 0.29) is 5.92 Å². The monoisotopic (exact) mass is 626 g/mol. The molecule has 5 atom stereocenters. The molecule has 3 unspecified atom stereocenters. The molecule has 0 saturated heterocycles. The Kier molecular flexibility index (Phi) is 12.6. The fourth-order valence-corrected chi connectivity index (χ4v) is 4.81. The van der Waals surface area contributed by atoms with E-state index in [1.54, 1.807) is 26.1 Å². The summed E-state index contributed by atoms with van der Waals surface area (Å²) in [6.07, 6.45) is 2.83. The lowest BCUT2D eigenvalue weighted by atomic mass is 9.86. The number of aromatic nitrogens is 2. The van der Waals surface area contributed by atoms with Crippen molar-refractivity contribution in [3.05, 3.63) is 83.3 Å². The number of rotatable bonds is 19. The fourth-order valence-electron chi connectivity index (χ4n) is 4.81. The Morgan fingerprint density at radius 1 is 1.00 bits per heavy atom. The van der Waals surface area contributed by atoms with E-state index in [2.05, 4.69) is 33.1 Å². The molecule has 0 bridgehead atoms. The first kappa shape index (κ1) is 34.7. The van der Waals surface area contributed by atoms with E-state index in [1.165, 1.54) is 14.1 Å². The highest BCUT2D eigenvalue weighted by Gasteiger charge is 2.32. The van der Waals surface area contributed by atoms with E-state index in [4.69, 9.17) is 23.9 Å². The second-order valence-corrected chi connectivity index (χ2v) is 11.3. The summed E-state index contributed by atoms with van der Waals surface area (Å²) < 4.78 is 17.6. The van der Waals surface area contributed by atoms with Crippen LogP contribution >= 0.6 is 0 Å². The smallest absolute Gasteiger partial charge is 0.224 e. The van der Waals surface area contributed by atoms with Crippen molar-refractivity contribution in [3.63, 3.8) is 0 Å². The lowest BCUT2D eigenvalue weighted by Gasteiger charge is -2.29. The van der Waals surface area contributed by atoms with Gasteiger partial charge in [-0.3, -0.25) is 14.7 Å². The number of hydrogen-bond donors (Lipinski definition) is 5. The van der Waals surface area contributed by atoms with Gasteiger partial charge in [0, 0.05) is 38.5 Å². The van der Waals surface area contributed by atoms with Gasteiger partial charge in [-0.05, 0) is 74.4 Å². The van der Waals surface area contributed by atoms with E-state index in [9.17, 15) is 15.3 Å². The second kappa shape index (κ2) is 16.4. The predicted octanol–water partition coefficient (Wildman–Crippen LogP) is 3.10. The first-order chi connectivity index (χ1) is 21.7. The van der Waals surface area contributed by atoms with Gasteiger partial charge >= 0.3 is 0 Å². The van der Waals surface area contributed by atoms with Crippen LogP contribution in [0.2, 0.25) is 0 Å². The summed E-state index contributed by atoms with van der Waals surface area (Å²) in [6, 6.07) is 15.8. The molecule has 0 amide bonds. The van der Waals surface area contributed by atoms with E-state index >= 15 is 0 Å². The van der Waals surface area contributed by atoms with Gasteiger partial charge in [-0.2, -0.15) is 0 Å². The van der Waals surface area contributed by atoms with Gasteiger partial charge in [-0.25, -0.2) is 15.9 Å². The number of nitrogens with zero attached hydrogens (tertiary/aromatic N) is 2. The van der Waals surface area contributed by atoms with Crippen LogP contribution in [0.3, 0.4) is 0 Å². The molecule has 0 aliphatic heterocycles. The summed E-state index contributed by atoms with van der Waals surface area (Å²) in [5, 5.41) is 31.1. The molecule has 45 heavy (non-hydrogen) atoms. The van der Waals surface area contributed by atoms with Crippen molar-refractivity contribution in [3.8, 4) is 11.6 Å². The predicted molar refractivity (Wildman–Crippen MR) is 166 cm³/mol. The van der Waals surface area contributed by atoms with Crippen LogP contribution in [0.4, 0.5) is 0 Å². The molecule has 0 spiro atoms. The molecule has 12 heteroatoms. The van der Waals surface area contributed by atoms with E-state index in [0.29, 0.717) is 30.5 Å². The van der Waals surface area contributed by atoms with Gasteiger partial charge in [-0.15, -0.1) is 0 Å². The maximum Gasteiger partial charge on any atom is 0.224 e. The molecule has 1 fully saturated rings. The third-order valence-corrected chi connectivity index (χ3v) is 7.71. The molecular formula is C33H46N4O8. The zero-order valence-electron chi connectivity index (χ0n) is 26.6. The Bertz CT molecular complexity index is 1300. The summed E-state index contributed by atoms with van der Waals surface area (Å²) in [6.45, 7) is 4.84. The SMILES string of the molecule is CCC(C)(O)c1ccc([C@@H](Cc2ccc(O[C@@H](C)OC(CO)C(O)C(ONC)ONC)nc2)c2cccc(OC3CC3)c2)cn1. The number of aliphatic hydroxyl groups excluding tert-OH is 2. The third kappa shape index (κ3) is 9.89. The number of pyridine rings is 2. The summed E-state index contributed by atoms with van der Waals surface area (Å²) in [7, 11) is 3.03. The maximum atomic E-state index is 10.7.